The van der Waals surface area contributed by atoms with E-state index in [2.05, 4.69) is 12.2 Å². The minimum atomic E-state index is -0.318. The van der Waals surface area contributed by atoms with Crippen molar-refractivity contribution in [3.63, 3.8) is 0 Å². The van der Waals surface area contributed by atoms with Crippen LogP contribution in [0.5, 0.6) is 0 Å². The van der Waals surface area contributed by atoms with Crippen molar-refractivity contribution in [2.24, 2.45) is 5.41 Å². The Morgan fingerprint density at radius 1 is 1.33 bits per heavy atom. The number of rotatable bonds is 5. The SMILES string of the molecule is CCOC(=O)c1cccc(N)c1NCC1(C)CCCCC1. The number of hydrogen-bond acceptors (Lipinski definition) is 4. The lowest BCUT2D eigenvalue weighted by Gasteiger charge is -2.34. The van der Waals surface area contributed by atoms with Crippen LogP contribution in [0.2, 0.25) is 0 Å². The van der Waals surface area contributed by atoms with Crippen LogP contribution in [0.25, 0.3) is 0 Å². The van der Waals surface area contributed by atoms with E-state index in [-0.39, 0.29) is 11.4 Å². The van der Waals surface area contributed by atoms with Gasteiger partial charge in [-0.1, -0.05) is 32.3 Å². The maximum absolute atomic E-state index is 12.0. The number of para-hydroxylation sites is 1. The van der Waals surface area contributed by atoms with Crippen molar-refractivity contribution in [3.05, 3.63) is 23.8 Å². The summed E-state index contributed by atoms with van der Waals surface area (Å²) in [6.45, 7) is 5.32. The molecule has 116 valence electrons. The van der Waals surface area contributed by atoms with Gasteiger partial charge in [0.25, 0.3) is 0 Å². The third-order valence-electron chi connectivity index (χ3n) is 4.34. The van der Waals surface area contributed by atoms with Crippen LogP contribution in [0.15, 0.2) is 18.2 Å². The Morgan fingerprint density at radius 3 is 2.71 bits per heavy atom. The zero-order valence-corrected chi connectivity index (χ0v) is 13.1. The van der Waals surface area contributed by atoms with Crippen molar-refractivity contribution >= 4 is 17.3 Å². The lowest BCUT2D eigenvalue weighted by Crippen LogP contribution is -2.29. The average Bonchev–Trinajstić information content (AvgIpc) is 2.47. The molecule has 1 fully saturated rings. The number of carbonyl (C=O) groups excluding carboxylic acids is 1. The Kier molecular flexibility index (Phi) is 5.10. The van der Waals surface area contributed by atoms with Gasteiger partial charge in [0.1, 0.15) is 0 Å². The maximum Gasteiger partial charge on any atom is 0.340 e. The second-order valence-electron chi connectivity index (χ2n) is 6.22. The molecule has 0 heterocycles. The smallest absolute Gasteiger partial charge is 0.340 e. The summed E-state index contributed by atoms with van der Waals surface area (Å²) in [4.78, 5) is 12.0. The van der Waals surface area contributed by atoms with Gasteiger partial charge in [-0.3, -0.25) is 0 Å². The molecule has 4 heteroatoms. The first kappa shape index (κ1) is 15.7. The average molecular weight is 290 g/mol. The molecule has 4 nitrogen and oxygen atoms in total. The van der Waals surface area contributed by atoms with Gasteiger partial charge < -0.3 is 15.8 Å². The largest absolute Gasteiger partial charge is 0.462 e. The summed E-state index contributed by atoms with van der Waals surface area (Å²) in [5.41, 5.74) is 8.16. The van der Waals surface area contributed by atoms with Crippen LogP contribution in [-0.2, 0) is 4.74 Å². The summed E-state index contributed by atoms with van der Waals surface area (Å²) < 4.78 is 5.11. The number of esters is 1. The molecule has 0 aromatic heterocycles. The van der Waals surface area contributed by atoms with E-state index in [9.17, 15) is 4.79 Å². The summed E-state index contributed by atoms with van der Waals surface area (Å²) in [5.74, 6) is -0.318. The van der Waals surface area contributed by atoms with Gasteiger partial charge in [-0.25, -0.2) is 4.79 Å². The fraction of sp³-hybridized carbons (Fsp3) is 0.588. The molecule has 21 heavy (non-hydrogen) atoms. The van der Waals surface area contributed by atoms with Crippen molar-refractivity contribution in [2.45, 2.75) is 46.0 Å². The minimum Gasteiger partial charge on any atom is -0.462 e. The van der Waals surface area contributed by atoms with Crippen molar-refractivity contribution in [3.8, 4) is 0 Å². The third kappa shape index (κ3) is 3.90. The lowest BCUT2D eigenvalue weighted by molar-refractivity contribution is 0.0527. The van der Waals surface area contributed by atoms with Crippen LogP contribution < -0.4 is 11.1 Å². The second kappa shape index (κ2) is 6.83. The van der Waals surface area contributed by atoms with E-state index in [0.717, 1.165) is 6.54 Å². The summed E-state index contributed by atoms with van der Waals surface area (Å²) in [5, 5.41) is 3.41. The molecule has 1 aliphatic rings. The molecule has 0 spiro atoms. The molecule has 0 unspecified atom stereocenters. The van der Waals surface area contributed by atoms with Crippen LogP contribution in [0.3, 0.4) is 0 Å². The molecule has 0 amide bonds. The molecule has 2 rings (SSSR count). The Bertz CT molecular complexity index is 494. The molecule has 3 N–H and O–H groups in total. The number of hydrogen-bond donors (Lipinski definition) is 2. The first-order valence-electron chi connectivity index (χ1n) is 7.85. The van der Waals surface area contributed by atoms with Gasteiger partial charge in [0, 0.05) is 6.54 Å². The number of carbonyl (C=O) groups is 1. The highest BCUT2D eigenvalue weighted by molar-refractivity contribution is 5.98. The van der Waals surface area contributed by atoms with E-state index in [1.54, 1.807) is 19.1 Å². The lowest BCUT2D eigenvalue weighted by atomic mass is 9.75. The summed E-state index contributed by atoms with van der Waals surface area (Å²) >= 11 is 0. The predicted octanol–water partition coefficient (Wildman–Crippen LogP) is 3.83. The summed E-state index contributed by atoms with van der Waals surface area (Å²) in [6, 6.07) is 5.36. The molecule has 1 saturated carbocycles. The molecule has 0 atom stereocenters. The van der Waals surface area contributed by atoms with Gasteiger partial charge >= 0.3 is 5.97 Å². The summed E-state index contributed by atoms with van der Waals surface area (Å²) in [7, 11) is 0. The van der Waals surface area contributed by atoms with E-state index in [1.165, 1.54) is 32.1 Å². The zero-order chi connectivity index (χ0) is 15.3. The van der Waals surface area contributed by atoms with Crippen LogP contribution in [0.1, 0.15) is 56.3 Å². The molecule has 1 aromatic rings. The standard InChI is InChI=1S/C17H26N2O2/c1-3-21-16(20)13-8-7-9-14(18)15(13)19-12-17(2)10-5-4-6-11-17/h7-9,19H,3-6,10-12,18H2,1-2H3. The zero-order valence-electron chi connectivity index (χ0n) is 13.1. The predicted molar refractivity (Wildman–Crippen MR) is 86.5 cm³/mol. The minimum absolute atomic E-state index is 0.284. The molecular weight excluding hydrogens is 264 g/mol. The van der Waals surface area contributed by atoms with E-state index in [4.69, 9.17) is 10.5 Å². The Morgan fingerprint density at radius 2 is 2.05 bits per heavy atom. The van der Waals surface area contributed by atoms with Gasteiger partial charge in [-0.05, 0) is 37.3 Å². The molecular formula is C17H26N2O2. The molecule has 1 aliphatic carbocycles. The fourth-order valence-corrected chi connectivity index (χ4v) is 3.03. The van der Waals surface area contributed by atoms with Crippen molar-refractivity contribution in [1.82, 2.24) is 0 Å². The highest BCUT2D eigenvalue weighted by Crippen LogP contribution is 2.36. The number of anilines is 2. The molecule has 0 saturated heterocycles. The maximum atomic E-state index is 12.0. The van der Waals surface area contributed by atoms with Crippen molar-refractivity contribution < 1.29 is 9.53 Å². The quantitative estimate of drug-likeness (QED) is 0.639. The van der Waals surface area contributed by atoms with Gasteiger partial charge in [-0.2, -0.15) is 0 Å². The number of nitrogen functional groups attached to an aromatic ring is 1. The van der Waals surface area contributed by atoms with E-state index >= 15 is 0 Å². The first-order chi connectivity index (χ1) is 10.1. The number of nitrogens with one attached hydrogen (secondary N) is 1. The monoisotopic (exact) mass is 290 g/mol. The van der Waals surface area contributed by atoms with Crippen LogP contribution in [0, 0.1) is 5.41 Å². The Labute approximate surface area is 127 Å². The van der Waals surface area contributed by atoms with E-state index in [1.807, 2.05) is 6.07 Å². The van der Waals surface area contributed by atoms with E-state index < -0.39 is 0 Å². The van der Waals surface area contributed by atoms with Gasteiger partial charge in [-0.15, -0.1) is 0 Å². The topological polar surface area (TPSA) is 64.3 Å². The normalized spacial score (nSPS) is 17.2. The molecule has 0 aliphatic heterocycles. The second-order valence-corrected chi connectivity index (χ2v) is 6.22. The van der Waals surface area contributed by atoms with Crippen LogP contribution in [0.4, 0.5) is 11.4 Å². The van der Waals surface area contributed by atoms with Gasteiger partial charge in [0.05, 0.1) is 23.5 Å². The van der Waals surface area contributed by atoms with Gasteiger partial charge in [0.15, 0.2) is 0 Å². The Balaban J connectivity index is 2.13. The Hall–Kier alpha value is -1.71. The highest BCUT2D eigenvalue weighted by Gasteiger charge is 2.27. The number of nitrogens with two attached hydrogens (primary N) is 1. The molecule has 1 aromatic carbocycles. The summed E-state index contributed by atoms with van der Waals surface area (Å²) in [6.07, 6.45) is 6.35. The number of ether oxygens (including phenoxy) is 1. The fourth-order valence-electron chi connectivity index (χ4n) is 3.03. The molecule has 0 radical (unpaired) electrons. The van der Waals surface area contributed by atoms with E-state index in [0.29, 0.717) is 23.5 Å². The van der Waals surface area contributed by atoms with Crippen LogP contribution in [-0.4, -0.2) is 19.1 Å². The van der Waals surface area contributed by atoms with Crippen molar-refractivity contribution in [2.75, 3.05) is 24.2 Å². The van der Waals surface area contributed by atoms with Crippen molar-refractivity contribution in [1.29, 1.82) is 0 Å². The number of benzene rings is 1. The van der Waals surface area contributed by atoms with Gasteiger partial charge in [0.2, 0.25) is 0 Å². The molecule has 0 bridgehead atoms. The van der Waals surface area contributed by atoms with Crippen LogP contribution >= 0.6 is 0 Å². The third-order valence-corrected chi connectivity index (χ3v) is 4.34. The first-order valence-corrected chi connectivity index (χ1v) is 7.85. The highest BCUT2D eigenvalue weighted by atomic mass is 16.5.